The van der Waals surface area contributed by atoms with Gasteiger partial charge in [-0.25, -0.2) is 13.2 Å². The Bertz CT molecular complexity index is 817. The van der Waals surface area contributed by atoms with E-state index in [9.17, 15) is 22.8 Å². The molecular weight excluding hydrogens is 333 g/mol. The molecule has 0 saturated heterocycles. The Balaban J connectivity index is 2.21. The second-order valence-electron chi connectivity index (χ2n) is 5.72. The second-order valence-corrected chi connectivity index (χ2v) is 5.72. The van der Waals surface area contributed by atoms with Gasteiger partial charge in [-0.3, -0.25) is 9.59 Å². The number of halogens is 3. The van der Waals surface area contributed by atoms with Crippen molar-refractivity contribution in [2.75, 3.05) is 16.8 Å². The van der Waals surface area contributed by atoms with E-state index < -0.39 is 35.6 Å². The Morgan fingerprint density at radius 1 is 1.00 bits per heavy atom. The summed E-state index contributed by atoms with van der Waals surface area (Å²) in [6.07, 6.45) is 0. The van der Waals surface area contributed by atoms with Crippen LogP contribution < -0.4 is 10.2 Å². The minimum Gasteiger partial charge on any atom is -0.322 e. The third-order valence-electron chi connectivity index (χ3n) is 3.51. The van der Waals surface area contributed by atoms with E-state index in [0.29, 0.717) is 11.8 Å². The van der Waals surface area contributed by atoms with Crippen LogP contribution >= 0.6 is 0 Å². The average Bonchev–Trinajstić information content (AvgIpc) is 2.52. The van der Waals surface area contributed by atoms with Crippen LogP contribution in [-0.4, -0.2) is 18.4 Å². The Morgan fingerprint density at radius 3 is 2.16 bits per heavy atom. The number of carbonyl (C=O) groups is 2. The summed E-state index contributed by atoms with van der Waals surface area (Å²) in [7, 11) is 0. The first-order valence-corrected chi connectivity index (χ1v) is 7.48. The van der Waals surface area contributed by atoms with Gasteiger partial charge in [0.1, 0.15) is 6.54 Å². The third kappa shape index (κ3) is 4.37. The maximum Gasteiger partial charge on any atom is 0.244 e. The zero-order valence-corrected chi connectivity index (χ0v) is 14.0. The van der Waals surface area contributed by atoms with Crippen LogP contribution in [0, 0.1) is 31.3 Å². The molecule has 0 unspecified atom stereocenters. The van der Waals surface area contributed by atoms with Crippen molar-refractivity contribution in [2.24, 2.45) is 0 Å². The number of hydrogen-bond acceptors (Lipinski definition) is 2. The summed E-state index contributed by atoms with van der Waals surface area (Å²) in [5.41, 5.74) is 1.85. The van der Waals surface area contributed by atoms with Crippen LogP contribution in [-0.2, 0) is 9.59 Å². The number of aryl methyl sites for hydroxylation is 2. The molecule has 2 amide bonds. The van der Waals surface area contributed by atoms with Crippen LogP contribution in [0.15, 0.2) is 30.3 Å². The summed E-state index contributed by atoms with van der Waals surface area (Å²) in [5.74, 6) is -5.63. The highest BCUT2D eigenvalue weighted by Crippen LogP contribution is 2.21. The molecule has 0 fully saturated rings. The zero-order chi connectivity index (χ0) is 18.7. The van der Waals surface area contributed by atoms with Crippen LogP contribution in [0.25, 0.3) is 0 Å². The van der Waals surface area contributed by atoms with Gasteiger partial charge in [0.25, 0.3) is 0 Å². The molecule has 25 heavy (non-hydrogen) atoms. The van der Waals surface area contributed by atoms with Gasteiger partial charge in [0.15, 0.2) is 17.5 Å². The Morgan fingerprint density at radius 2 is 1.60 bits per heavy atom. The van der Waals surface area contributed by atoms with E-state index in [1.54, 1.807) is 12.1 Å². The monoisotopic (exact) mass is 350 g/mol. The van der Waals surface area contributed by atoms with Gasteiger partial charge in [-0.05, 0) is 49.2 Å². The topological polar surface area (TPSA) is 49.4 Å². The van der Waals surface area contributed by atoms with Crippen LogP contribution in [0.2, 0.25) is 0 Å². The number of nitrogens with one attached hydrogen (secondary N) is 1. The fourth-order valence-corrected chi connectivity index (χ4v) is 2.45. The number of nitrogens with zero attached hydrogens (tertiary/aromatic N) is 1. The van der Waals surface area contributed by atoms with Crippen LogP contribution in [0.3, 0.4) is 0 Å². The molecule has 2 aromatic carbocycles. The molecule has 2 rings (SSSR count). The molecule has 7 heteroatoms. The lowest BCUT2D eigenvalue weighted by Crippen LogP contribution is -2.37. The summed E-state index contributed by atoms with van der Waals surface area (Å²) in [6, 6.07) is 7.01. The fourth-order valence-electron chi connectivity index (χ4n) is 2.45. The van der Waals surface area contributed by atoms with Gasteiger partial charge in [0.2, 0.25) is 11.8 Å². The average molecular weight is 350 g/mol. The smallest absolute Gasteiger partial charge is 0.244 e. The number of rotatable bonds is 4. The van der Waals surface area contributed by atoms with Gasteiger partial charge in [-0.2, -0.15) is 0 Å². The van der Waals surface area contributed by atoms with E-state index in [4.69, 9.17) is 0 Å². The SMILES string of the molecule is CC(=O)N(CC(=O)Nc1ccc(F)c(F)c1F)c1cc(C)cc(C)c1. The lowest BCUT2D eigenvalue weighted by Gasteiger charge is -2.22. The van der Waals surface area contributed by atoms with E-state index in [2.05, 4.69) is 5.32 Å². The highest BCUT2D eigenvalue weighted by atomic mass is 19.2. The lowest BCUT2D eigenvalue weighted by molar-refractivity contribution is -0.120. The summed E-state index contributed by atoms with van der Waals surface area (Å²) in [5, 5.41) is 2.15. The van der Waals surface area contributed by atoms with Gasteiger partial charge < -0.3 is 10.2 Å². The van der Waals surface area contributed by atoms with Gasteiger partial charge in [0.05, 0.1) is 5.69 Å². The van der Waals surface area contributed by atoms with E-state index >= 15 is 0 Å². The molecule has 0 bridgehead atoms. The zero-order valence-electron chi connectivity index (χ0n) is 14.0. The standard InChI is InChI=1S/C18H17F3N2O2/c1-10-6-11(2)8-13(7-10)23(12(3)24)9-16(25)22-15-5-4-14(19)17(20)18(15)21/h4-8H,9H2,1-3H3,(H,22,25). The first-order valence-electron chi connectivity index (χ1n) is 7.48. The predicted molar refractivity (Wildman–Crippen MR) is 88.9 cm³/mol. The van der Waals surface area contributed by atoms with Crippen molar-refractivity contribution in [3.8, 4) is 0 Å². The molecular formula is C18H17F3N2O2. The number of amides is 2. The van der Waals surface area contributed by atoms with Crippen molar-refractivity contribution < 1.29 is 22.8 Å². The van der Waals surface area contributed by atoms with Crippen molar-refractivity contribution in [3.63, 3.8) is 0 Å². The van der Waals surface area contributed by atoms with Crippen LogP contribution in [0.4, 0.5) is 24.5 Å². The van der Waals surface area contributed by atoms with Gasteiger partial charge >= 0.3 is 0 Å². The number of benzene rings is 2. The molecule has 0 aromatic heterocycles. The number of anilines is 2. The predicted octanol–water partition coefficient (Wildman–Crippen LogP) is 3.71. The third-order valence-corrected chi connectivity index (χ3v) is 3.51. The molecule has 0 saturated carbocycles. The van der Waals surface area contributed by atoms with Crippen molar-refractivity contribution >= 4 is 23.2 Å². The first-order chi connectivity index (χ1) is 11.7. The second kappa shape index (κ2) is 7.38. The summed E-state index contributed by atoms with van der Waals surface area (Å²) >= 11 is 0. The Kier molecular flexibility index (Phi) is 5.46. The van der Waals surface area contributed by atoms with E-state index in [1.807, 2.05) is 19.9 Å². The largest absolute Gasteiger partial charge is 0.322 e. The van der Waals surface area contributed by atoms with Crippen LogP contribution in [0.1, 0.15) is 18.1 Å². The minimum atomic E-state index is -1.67. The molecule has 0 aliphatic rings. The van der Waals surface area contributed by atoms with E-state index in [0.717, 1.165) is 17.2 Å². The summed E-state index contributed by atoms with van der Waals surface area (Å²) in [6.45, 7) is 4.61. The maximum atomic E-state index is 13.6. The number of carbonyl (C=O) groups excluding carboxylic acids is 2. The molecule has 0 spiro atoms. The van der Waals surface area contributed by atoms with Gasteiger partial charge in [0, 0.05) is 12.6 Å². The molecule has 4 nitrogen and oxygen atoms in total. The van der Waals surface area contributed by atoms with Gasteiger partial charge in [-0.1, -0.05) is 6.07 Å². The molecule has 0 atom stereocenters. The lowest BCUT2D eigenvalue weighted by atomic mass is 10.1. The van der Waals surface area contributed by atoms with Crippen molar-refractivity contribution in [1.29, 1.82) is 0 Å². The molecule has 0 aliphatic heterocycles. The molecule has 132 valence electrons. The molecule has 0 heterocycles. The Labute approximate surface area is 143 Å². The summed E-state index contributed by atoms with van der Waals surface area (Å²) in [4.78, 5) is 25.2. The van der Waals surface area contributed by atoms with E-state index in [1.165, 1.54) is 11.8 Å². The quantitative estimate of drug-likeness (QED) is 0.855. The molecule has 0 radical (unpaired) electrons. The highest BCUT2D eigenvalue weighted by molar-refractivity contribution is 6.01. The van der Waals surface area contributed by atoms with Gasteiger partial charge in [-0.15, -0.1) is 0 Å². The van der Waals surface area contributed by atoms with Crippen molar-refractivity contribution in [1.82, 2.24) is 0 Å². The van der Waals surface area contributed by atoms with E-state index in [-0.39, 0.29) is 5.91 Å². The summed E-state index contributed by atoms with van der Waals surface area (Å²) < 4.78 is 39.8. The normalized spacial score (nSPS) is 10.5. The highest BCUT2D eigenvalue weighted by Gasteiger charge is 2.19. The minimum absolute atomic E-state index is 0.383. The molecule has 2 aromatic rings. The maximum absolute atomic E-state index is 13.6. The van der Waals surface area contributed by atoms with Crippen molar-refractivity contribution in [2.45, 2.75) is 20.8 Å². The first kappa shape index (κ1) is 18.5. The van der Waals surface area contributed by atoms with Crippen molar-refractivity contribution in [3.05, 3.63) is 58.9 Å². The van der Waals surface area contributed by atoms with Crippen LogP contribution in [0.5, 0.6) is 0 Å². The molecule has 0 aliphatic carbocycles. The molecule has 1 N–H and O–H groups in total. The fraction of sp³-hybridized carbons (Fsp3) is 0.222. The Hall–Kier alpha value is -2.83. The number of hydrogen-bond donors (Lipinski definition) is 1.